The predicted molar refractivity (Wildman–Crippen MR) is 81.2 cm³/mol. The molecule has 7 heteroatoms. The van der Waals surface area contributed by atoms with Crippen molar-refractivity contribution in [1.82, 2.24) is 4.98 Å². The van der Waals surface area contributed by atoms with E-state index in [0.29, 0.717) is 10.9 Å². The van der Waals surface area contributed by atoms with Crippen molar-refractivity contribution in [3.8, 4) is 0 Å². The topological polar surface area (TPSA) is 59.2 Å². The summed E-state index contributed by atoms with van der Waals surface area (Å²) >= 11 is 0. The smallest absolute Gasteiger partial charge is 0.254 e. The molecule has 1 aliphatic rings. The summed E-state index contributed by atoms with van der Waals surface area (Å²) in [5, 5.41) is 0.443. The average molecular weight is 323 g/mol. The van der Waals surface area contributed by atoms with Gasteiger partial charge in [0.05, 0.1) is 11.1 Å². The Balaban J connectivity index is 2.07. The molecule has 0 spiro atoms. The number of fused-ring (bicyclic) bond motifs is 1. The molecule has 1 aliphatic heterocycles. The molecular formula is C16H16F3N3O. The fourth-order valence-electron chi connectivity index (χ4n) is 2.84. The van der Waals surface area contributed by atoms with E-state index < -0.39 is 23.6 Å². The Bertz CT molecular complexity index is 778. The molecule has 3 rings (SSSR count). The van der Waals surface area contributed by atoms with Gasteiger partial charge in [0.15, 0.2) is 0 Å². The van der Waals surface area contributed by atoms with Crippen LogP contribution in [0.15, 0.2) is 24.3 Å². The molecule has 1 amide bonds. The van der Waals surface area contributed by atoms with Crippen LogP contribution in [0.5, 0.6) is 0 Å². The summed E-state index contributed by atoms with van der Waals surface area (Å²) in [4.78, 5) is 17.7. The zero-order valence-corrected chi connectivity index (χ0v) is 12.5. The molecule has 2 N–H and O–H groups in total. The van der Waals surface area contributed by atoms with Gasteiger partial charge in [0, 0.05) is 30.8 Å². The minimum absolute atomic E-state index is 0.0764. The first kappa shape index (κ1) is 15.6. The van der Waals surface area contributed by atoms with Gasteiger partial charge in [-0.05, 0) is 24.3 Å². The van der Waals surface area contributed by atoms with E-state index in [1.165, 1.54) is 31.2 Å². The highest BCUT2D eigenvalue weighted by molar-refractivity contribution is 6.01. The quantitative estimate of drug-likeness (QED) is 0.924. The van der Waals surface area contributed by atoms with Crippen molar-refractivity contribution in [3.05, 3.63) is 35.6 Å². The molecule has 0 aliphatic carbocycles. The van der Waals surface area contributed by atoms with Gasteiger partial charge in [0.1, 0.15) is 11.6 Å². The van der Waals surface area contributed by atoms with Crippen LogP contribution in [0.4, 0.5) is 19.0 Å². The van der Waals surface area contributed by atoms with Gasteiger partial charge >= 0.3 is 0 Å². The summed E-state index contributed by atoms with van der Waals surface area (Å²) in [5.41, 5.74) is 5.99. The Labute approximate surface area is 131 Å². The van der Waals surface area contributed by atoms with Gasteiger partial charge in [-0.1, -0.05) is 6.92 Å². The van der Waals surface area contributed by atoms with E-state index in [1.54, 1.807) is 4.90 Å². The van der Waals surface area contributed by atoms with Crippen LogP contribution in [-0.4, -0.2) is 29.9 Å². The lowest BCUT2D eigenvalue weighted by molar-refractivity contribution is -0.0652. The number of rotatable bonds is 2. The monoisotopic (exact) mass is 323 g/mol. The van der Waals surface area contributed by atoms with Crippen LogP contribution in [0.2, 0.25) is 0 Å². The van der Waals surface area contributed by atoms with Gasteiger partial charge in [-0.15, -0.1) is 0 Å². The van der Waals surface area contributed by atoms with Crippen molar-refractivity contribution in [2.45, 2.75) is 19.3 Å². The van der Waals surface area contributed by atoms with E-state index in [4.69, 9.17) is 5.73 Å². The van der Waals surface area contributed by atoms with Gasteiger partial charge in [0.25, 0.3) is 11.8 Å². The third-order valence-electron chi connectivity index (χ3n) is 4.25. The van der Waals surface area contributed by atoms with Crippen molar-refractivity contribution in [3.63, 3.8) is 0 Å². The lowest BCUT2D eigenvalue weighted by atomic mass is 9.95. The number of nitrogens with two attached hydrogens (primary N) is 1. The Morgan fingerprint density at radius 1 is 1.39 bits per heavy atom. The SMILES string of the molecule is C[C@H]1CN(c2nc3ccc(F)cc3cc2C(N)=O)CCC1(F)F. The van der Waals surface area contributed by atoms with Crippen molar-refractivity contribution in [1.29, 1.82) is 0 Å². The molecule has 1 atom stereocenters. The van der Waals surface area contributed by atoms with Crippen LogP contribution in [0.25, 0.3) is 10.9 Å². The molecule has 0 unspecified atom stereocenters. The number of carbonyl (C=O) groups excluding carboxylic acids is 1. The molecule has 4 nitrogen and oxygen atoms in total. The summed E-state index contributed by atoms with van der Waals surface area (Å²) in [6, 6.07) is 5.46. The number of hydrogen-bond acceptors (Lipinski definition) is 3. The van der Waals surface area contributed by atoms with Crippen LogP contribution in [0.1, 0.15) is 23.7 Å². The first-order chi connectivity index (χ1) is 10.8. The van der Waals surface area contributed by atoms with E-state index in [0.717, 1.165) is 0 Å². The number of primary amides is 1. The Kier molecular flexibility index (Phi) is 3.66. The van der Waals surface area contributed by atoms with E-state index in [-0.39, 0.29) is 30.9 Å². The molecule has 0 radical (unpaired) electrons. The zero-order chi connectivity index (χ0) is 16.8. The third kappa shape index (κ3) is 2.83. The average Bonchev–Trinajstić information content (AvgIpc) is 2.48. The van der Waals surface area contributed by atoms with Gasteiger partial charge < -0.3 is 10.6 Å². The van der Waals surface area contributed by atoms with Crippen molar-refractivity contribution in [2.24, 2.45) is 11.7 Å². The molecule has 1 saturated heterocycles. The van der Waals surface area contributed by atoms with Crippen LogP contribution in [-0.2, 0) is 0 Å². The molecule has 0 saturated carbocycles. The maximum Gasteiger partial charge on any atom is 0.254 e. The Morgan fingerprint density at radius 2 is 2.13 bits per heavy atom. The molecular weight excluding hydrogens is 307 g/mol. The molecule has 1 aromatic heterocycles. The molecule has 2 heterocycles. The number of nitrogens with zero attached hydrogens (tertiary/aromatic N) is 2. The predicted octanol–water partition coefficient (Wildman–Crippen LogP) is 2.95. The Morgan fingerprint density at radius 3 is 2.78 bits per heavy atom. The molecule has 0 bridgehead atoms. The molecule has 1 aromatic carbocycles. The van der Waals surface area contributed by atoms with Crippen molar-refractivity contribution in [2.75, 3.05) is 18.0 Å². The number of pyridine rings is 1. The largest absolute Gasteiger partial charge is 0.365 e. The maximum atomic E-state index is 13.7. The van der Waals surface area contributed by atoms with Gasteiger partial charge in [-0.3, -0.25) is 4.79 Å². The van der Waals surface area contributed by atoms with Gasteiger partial charge in [0.2, 0.25) is 0 Å². The fourth-order valence-corrected chi connectivity index (χ4v) is 2.84. The molecule has 23 heavy (non-hydrogen) atoms. The van der Waals surface area contributed by atoms with Crippen molar-refractivity contribution >= 4 is 22.6 Å². The minimum Gasteiger partial charge on any atom is -0.365 e. The number of piperidine rings is 1. The second-order valence-corrected chi connectivity index (χ2v) is 5.92. The van der Waals surface area contributed by atoms with E-state index >= 15 is 0 Å². The number of amides is 1. The molecule has 1 fully saturated rings. The highest BCUT2D eigenvalue weighted by atomic mass is 19.3. The van der Waals surface area contributed by atoms with Crippen molar-refractivity contribution < 1.29 is 18.0 Å². The number of halogens is 3. The summed E-state index contributed by atoms with van der Waals surface area (Å²) in [5.74, 6) is -4.48. The fraction of sp³-hybridized carbons (Fsp3) is 0.375. The second-order valence-electron chi connectivity index (χ2n) is 5.92. The van der Waals surface area contributed by atoms with E-state index in [9.17, 15) is 18.0 Å². The summed E-state index contributed by atoms with van der Waals surface area (Å²) < 4.78 is 40.6. The zero-order valence-electron chi connectivity index (χ0n) is 12.5. The molecule has 2 aromatic rings. The van der Waals surface area contributed by atoms with E-state index in [1.807, 2.05) is 0 Å². The van der Waals surface area contributed by atoms with Crippen LogP contribution in [0, 0.1) is 11.7 Å². The van der Waals surface area contributed by atoms with Gasteiger partial charge in [-0.25, -0.2) is 18.2 Å². The number of carbonyl (C=O) groups is 1. The summed E-state index contributed by atoms with van der Waals surface area (Å²) in [7, 11) is 0. The van der Waals surface area contributed by atoms with Crippen LogP contribution in [0.3, 0.4) is 0 Å². The first-order valence-electron chi connectivity index (χ1n) is 7.31. The highest BCUT2D eigenvalue weighted by Crippen LogP contribution is 2.36. The molecule has 122 valence electrons. The summed E-state index contributed by atoms with van der Waals surface area (Å²) in [6.45, 7) is 1.62. The highest BCUT2D eigenvalue weighted by Gasteiger charge is 2.42. The van der Waals surface area contributed by atoms with Crippen LogP contribution < -0.4 is 10.6 Å². The second kappa shape index (κ2) is 5.40. The maximum absolute atomic E-state index is 13.7. The lowest BCUT2D eigenvalue weighted by Gasteiger charge is -2.37. The summed E-state index contributed by atoms with van der Waals surface area (Å²) in [6.07, 6.45) is -0.310. The lowest BCUT2D eigenvalue weighted by Crippen LogP contribution is -2.46. The normalized spacial score (nSPS) is 20.7. The first-order valence-corrected chi connectivity index (χ1v) is 7.31. The standard InChI is InChI=1S/C16H16F3N3O/c1-9-8-22(5-4-16(9,18)19)15-12(14(20)23)7-10-6-11(17)2-3-13(10)21-15/h2-3,6-7,9H,4-5,8H2,1H3,(H2,20,23)/t9-/m0/s1. The number of hydrogen-bond donors (Lipinski definition) is 1. The number of benzene rings is 1. The number of anilines is 1. The van der Waals surface area contributed by atoms with Gasteiger partial charge in [-0.2, -0.15) is 0 Å². The number of alkyl halides is 2. The Hall–Kier alpha value is -2.31. The van der Waals surface area contributed by atoms with E-state index in [2.05, 4.69) is 4.98 Å². The number of aromatic nitrogens is 1. The minimum atomic E-state index is -2.73. The van der Waals surface area contributed by atoms with Crippen LogP contribution >= 0.6 is 0 Å². The third-order valence-corrected chi connectivity index (χ3v) is 4.25.